The van der Waals surface area contributed by atoms with Gasteiger partial charge in [0.1, 0.15) is 5.69 Å². The fraction of sp³-hybridized carbons (Fsp3) is 0.167. The Kier molecular flexibility index (Phi) is 3.47. The SMILES string of the molecule is COc1cc(O)c(F)c(-c2cc(C(=O)O)[nH]n2)c1OC. The minimum absolute atomic E-state index is 0.00578. The maximum absolute atomic E-state index is 14.1. The third-order valence-electron chi connectivity index (χ3n) is 2.65. The molecule has 0 saturated carbocycles. The lowest BCUT2D eigenvalue weighted by Crippen LogP contribution is -1.97. The minimum Gasteiger partial charge on any atom is -0.505 e. The van der Waals surface area contributed by atoms with Crippen molar-refractivity contribution >= 4 is 5.97 Å². The Hall–Kier alpha value is -2.77. The number of carbonyl (C=O) groups is 1. The molecule has 0 aliphatic carbocycles. The molecule has 0 aliphatic heterocycles. The van der Waals surface area contributed by atoms with Gasteiger partial charge in [0, 0.05) is 6.07 Å². The van der Waals surface area contributed by atoms with E-state index < -0.39 is 17.5 Å². The molecule has 0 aliphatic rings. The van der Waals surface area contributed by atoms with Gasteiger partial charge in [-0.25, -0.2) is 9.18 Å². The zero-order chi connectivity index (χ0) is 14.9. The van der Waals surface area contributed by atoms with Crippen LogP contribution in [0.15, 0.2) is 12.1 Å². The number of H-pyrrole nitrogens is 1. The maximum atomic E-state index is 14.1. The Morgan fingerprint density at radius 3 is 2.55 bits per heavy atom. The number of phenols is 1. The van der Waals surface area contributed by atoms with E-state index >= 15 is 0 Å². The van der Waals surface area contributed by atoms with Gasteiger partial charge in [0.05, 0.1) is 25.5 Å². The van der Waals surface area contributed by atoms with Gasteiger partial charge in [-0.05, 0) is 6.07 Å². The van der Waals surface area contributed by atoms with Gasteiger partial charge in [-0.1, -0.05) is 0 Å². The second kappa shape index (κ2) is 5.08. The summed E-state index contributed by atoms with van der Waals surface area (Å²) in [4.78, 5) is 10.8. The summed E-state index contributed by atoms with van der Waals surface area (Å²) < 4.78 is 24.1. The van der Waals surface area contributed by atoms with Crippen molar-refractivity contribution in [3.8, 4) is 28.5 Å². The Morgan fingerprint density at radius 2 is 2.05 bits per heavy atom. The first-order valence-electron chi connectivity index (χ1n) is 5.42. The van der Waals surface area contributed by atoms with Crippen molar-refractivity contribution in [3.05, 3.63) is 23.6 Å². The molecule has 1 aromatic heterocycles. The summed E-state index contributed by atoms with van der Waals surface area (Å²) in [5, 5.41) is 24.3. The van der Waals surface area contributed by atoms with Gasteiger partial charge in [0.15, 0.2) is 23.1 Å². The molecule has 20 heavy (non-hydrogen) atoms. The van der Waals surface area contributed by atoms with Crippen molar-refractivity contribution < 1.29 is 28.9 Å². The number of halogens is 1. The number of aromatic amines is 1. The molecule has 0 atom stereocenters. The molecular weight excluding hydrogens is 271 g/mol. The van der Waals surface area contributed by atoms with Crippen LogP contribution in [0.25, 0.3) is 11.3 Å². The monoisotopic (exact) mass is 282 g/mol. The van der Waals surface area contributed by atoms with Crippen LogP contribution in [0.3, 0.4) is 0 Å². The molecule has 0 saturated heterocycles. The highest BCUT2D eigenvalue weighted by Crippen LogP contribution is 2.43. The molecule has 2 rings (SSSR count). The number of hydrogen-bond acceptors (Lipinski definition) is 5. The maximum Gasteiger partial charge on any atom is 0.353 e. The Morgan fingerprint density at radius 1 is 1.35 bits per heavy atom. The number of benzene rings is 1. The van der Waals surface area contributed by atoms with Crippen molar-refractivity contribution in [3.63, 3.8) is 0 Å². The highest BCUT2D eigenvalue weighted by molar-refractivity contribution is 5.87. The average molecular weight is 282 g/mol. The van der Waals surface area contributed by atoms with Crippen molar-refractivity contribution in [1.29, 1.82) is 0 Å². The number of carboxylic acids is 1. The van der Waals surface area contributed by atoms with Crippen molar-refractivity contribution in [2.24, 2.45) is 0 Å². The molecule has 0 fully saturated rings. The van der Waals surface area contributed by atoms with Gasteiger partial charge in [-0.15, -0.1) is 0 Å². The molecule has 0 amide bonds. The molecule has 7 nitrogen and oxygen atoms in total. The van der Waals surface area contributed by atoms with Gasteiger partial charge in [-0.3, -0.25) is 5.10 Å². The Bertz CT molecular complexity index is 668. The van der Waals surface area contributed by atoms with Crippen molar-refractivity contribution in [2.45, 2.75) is 0 Å². The number of hydrogen-bond donors (Lipinski definition) is 3. The number of rotatable bonds is 4. The van der Waals surface area contributed by atoms with Crippen LogP contribution < -0.4 is 9.47 Å². The number of aromatic hydroxyl groups is 1. The van der Waals surface area contributed by atoms with E-state index in [-0.39, 0.29) is 28.5 Å². The summed E-state index contributed by atoms with van der Waals surface area (Å²) in [6.07, 6.45) is 0. The predicted molar refractivity (Wildman–Crippen MR) is 65.7 cm³/mol. The number of aromatic carboxylic acids is 1. The summed E-state index contributed by atoms with van der Waals surface area (Å²) in [5.74, 6) is -2.77. The van der Waals surface area contributed by atoms with Crippen molar-refractivity contribution in [1.82, 2.24) is 10.2 Å². The van der Waals surface area contributed by atoms with Crippen LogP contribution in [0, 0.1) is 5.82 Å². The number of nitrogens with one attached hydrogen (secondary N) is 1. The van der Waals surface area contributed by atoms with Crippen LogP contribution in [0.4, 0.5) is 4.39 Å². The summed E-state index contributed by atoms with van der Waals surface area (Å²) in [6, 6.07) is 2.19. The number of carboxylic acid groups (broad SMARTS) is 1. The fourth-order valence-corrected chi connectivity index (χ4v) is 1.75. The van der Waals surface area contributed by atoms with Gasteiger partial charge in [0.25, 0.3) is 0 Å². The smallest absolute Gasteiger partial charge is 0.353 e. The third kappa shape index (κ3) is 2.11. The second-order valence-corrected chi connectivity index (χ2v) is 3.79. The quantitative estimate of drug-likeness (QED) is 0.787. The summed E-state index contributed by atoms with van der Waals surface area (Å²) in [6.45, 7) is 0. The lowest BCUT2D eigenvalue weighted by molar-refractivity contribution is 0.0690. The van der Waals surface area contributed by atoms with E-state index in [1.54, 1.807) is 0 Å². The summed E-state index contributed by atoms with van der Waals surface area (Å²) in [7, 11) is 2.62. The van der Waals surface area contributed by atoms with Gasteiger partial charge in [0.2, 0.25) is 0 Å². The molecule has 8 heteroatoms. The van der Waals surface area contributed by atoms with Crippen LogP contribution >= 0.6 is 0 Å². The molecule has 0 spiro atoms. The highest BCUT2D eigenvalue weighted by Gasteiger charge is 2.23. The number of nitrogens with zero attached hydrogens (tertiary/aromatic N) is 1. The van der Waals surface area contributed by atoms with E-state index in [1.807, 2.05) is 0 Å². The first-order chi connectivity index (χ1) is 9.49. The van der Waals surface area contributed by atoms with Gasteiger partial charge in [-0.2, -0.15) is 5.10 Å². The molecule has 1 aromatic carbocycles. The largest absolute Gasteiger partial charge is 0.505 e. The topological polar surface area (TPSA) is 105 Å². The molecule has 0 radical (unpaired) electrons. The number of aromatic nitrogens is 2. The Labute approximate surface area is 112 Å². The lowest BCUT2D eigenvalue weighted by Gasteiger charge is -2.13. The minimum atomic E-state index is -1.24. The normalized spacial score (nSPS) is 10.3. The average Bonchev–Trinajstić information content (AvgIpc) is 2.90. The fourth-order valence-electron chi connectivity index (χ4n) is 1.75. The van der Waals surface area contributed by atoms with Crippen LogP contribution in [0.1, 0.15) is 10.5 Å². The Balaban J connectivity index is 2.70. The first kappa shape index (κ1) is 13.7. The van der Waals surface area contributed by atoms with E-state index in [2.05, 4.69) is 10.2 Å². The first-order valence-corrected chi connectivity index (χ1v) is 5.42. The van der Waals surface area contributed by atoms with Crippen LogP contribution in [0.2, 0.25) is 0 Å². The number of methoxy groups -OCH3 is 2. The standard InChI is InChI=1S/C12H11FN2O5/c1-19-8-4-7(16)10(13)9(11(8)20-2)5-3-6(12(17)18)15-14-5/h3-4,16H,1-2H3,(H,14,15)(H,17,18). The molecule has 0 bridgehead atoms. The molecule has 106 valence electrons. The van der Waals surface area contributed by atoms with Crippen LogP contribution in [-0.4, -0.2) is 40.6 Å². The van der Waals surface area contributed by atoms with Crippen LogP contribution in [-0.2, 0) is 0 Å². The van der Waals surface area contributed by atoms with E-state index in [1.165, 1.54) is 14.2 Å². The molecule has 0 unspecified atom stereocenters. The molecular formula is C12H11FN2O5. The second-order valence-electron chi connectivity index (χ2n) is 3.79. The molecule has 1 heterocycles. The molecule has 3 N–H and O–H groups in total. The summed E-state index contributed by atoms with van der Waals surface area (Å²) >= 11 is 0. The zero-order valence-electron chi connectivity index (χ0n) is 10.6. The van der Waals surface area contributed by atoms with E-state index in [0.717, 1.165) is 12.1 Å². The third-order valence-corrected chi connectivity index (χ3v) is 2.65. The lowest BCUT2D eigenvalue weighted by atomic mass is 10.1. The van der Waals surface area contributed by atoms with Crippen molar-refractivity contribution in [2.75, 3.05) is 14.2 Å². The van der Waals surface area contributed by atoms with E-state index in [4.69, 9.17) is 14.6 Å². The van der Waals surface area contributed by atoms with Gasteiger partial charge >= 0.3 is 5.97 Å². The van der Waals surface area contributed by atoms with Gasteiger partial charge < -0.3 is 19.7 Å². The summed E-state index contributed by atoms with van der Waals surface area (Å²) in [5.41, 5.74) is -0.428. The number of ether oxygens (including phenoxy) is 2. The molecule has 2 aromatic rings. The number of phenolic OH excluding ortho intramolecular Hbond substituents is 1. The zero-order valence-corrected chi connectivity index (χ0v) is 10.6. The van der Waals surface area contributed by atoms with E-state index in [0.29, 0.717) is 0 Å². The van der Waals surface area contributed by atoms with E-state index in [9.17, 15) is 14.3 Å². The van der Waals surface area contributed by atoms with Crippen LogP contribution in [0.5, 0.6) is 17.2 Å². The predicted octanol–water partition coefficient (Wildman–Crippen LogP) is 1.64. The highest BCUT2D eigenvalue weighted by atomic mass is 19.1.